The average molecular weight is 379 g/mol. The van der Waals surface area contributed by atoms with Crippen molar-refractivity contribution in [2.75, 3.05) is 12.8 Å². The van der Waals surface area contributed by atoms with Gasteiger partial charge in [0.15, 0.2) is 9.84 Å². The molecular weight excluding hydrogens is 356 g/mol. The summed E-state index contributed by atoms with van der Waals surface area (Å²) in [5.41, 5.74) is 0.882. The highest BCUT2D eigenvalue weighted by Crippen LogP contribution is 2.34. The van der Waals surface area contributed by atoms with Gasteiger partial charge in [-0.1, -0.05) is 18.2 Å². The molecule has 2 unspecified atom stereocenters. The summed E-state index contributed by atoms with van der Waals surface area (Å²) in [4.78, 5) is 16.1. The van der Waals surface area contributed by atoms with E-state index in [1.54, 1.807) is 35.6 Å². The van der Waals surface area contributed by atoms with E-state index in [0.29, 0.717) is 0 Å². The highest BCUT2D eigenvalue weighted by molar-refractivity contribution is 7.90. The van der Waals surface area contributed by atoms with Crippen molar-refractivity contribution in [3.05, 3.63) is 52.2 Å². The van der Waals surface area contributed by atoms with Crippen molar-refractivity contribution in [2.45, 2.75) is 36.7 Å². The minimum absolute atomic E-state index is 0.0735. The molecule has 2 heterocycles. The molecule has 25 heavy (non-hydrogen) atoms. The number of carbonyl (C=O) groups is 1. The Hall–Kier alpha value is -1.86. The van der Waals surface area contributed by atoms with Gasteiger partial charge in [0.25, 0.3) is 0 Å². The van der Waals surface area contributed by atoms with Crippen LogP contribution in [0.5, 0.6) is 0 Å². The Bertz CT molecular complexity index is 830. The summed E-state index contributed by atoms with van der Waals surface area (Å²) in [5.74, 6) is 0. The zero-order chi connectivity index (χ0) is 18.0. The van der Waals surface area contributed by atoms with Crippen LogP contribution in [0, 0.1) is 0 Å². The predicted octanol–water partition coefficient (Wildman–Crippen LogP) is 3.76. The fourth-order valence-electron chi connectivity index (χ4n) is 3.14. The Morgan fingerprint density at radius 2 is 2.00 bits per heavy atom. The van der Waals surface area contributed by atoms with Gasteiger partial charge in [0.2, 0.25) is 0 Å². The van der Waals surface area contributed by atoms with E-state index in [2.05, 4.69) is 11.4 Å². The van der Waals surface area contributed by atoms with Gasteiger partial charge in [0.05, 0.1) is 17.0 Å². The molecule has 0 spiro atoms. The van der Waals surface area contributed by atoms with Gasteiger partial charge in [0.1, 0.15) is 0 Å². The second kappa shape index (κ2) is 7.17. The maximum absolute atomic E-state index is 12.7. The minimum atomic E-state index is -3.21. The summed E-state index contributed by atoms with van der Waals surface area (Å²) in [6.45, 7) is 2.66. The first-order valence-corrected chi connectivity index (χ1v) is 11.0. The van der Waals surface area contributed by atoms with Crippen LogP contribution in [0.4, 0.5) is 4.79 Å². The number of carbonyl (C=O) groups excluding carboxylic acids is 1. The van der Waals surface area contributed by atoms with E-state index < -0.39 is 9.84 Å². The molecule has 5 nitrogen and oxygen atoms in total. The van der Waals surface area contributed by atoms with Crippen LogP contribution >= 0.6 is 11.3 Å². The molecule has 1 fully saturated rings. The third-order valence-electron chi connectivity index (χ3n) is 4.53. The first-order chi connectivity index (χ1) is 11.9. The van der Waals surface area contributed by atoms with E-state index in [1.807, 2.05) is 23.3 Å². The number of amides is 2. The SMILES string of the molecule is CC(NC(=O)N1CCCC1c1cccs1)c1ccc(S(C)(=O)=O)cc1. The van der Waals surface area contributed by atoms with Crippen LogP contribution in [0.25, 0.3) is 0 Å². The second-order valence-corrected chi connectivity index (χ2v) is 9.37. The molecule has 2 amide bonds. The van der Waals surface area contributed by atoms with Crippen LogP contribution in [0.3, 0.4) is 0 Å². The highest BCUT2D eigenvalue weighted by Gasteiger charge is 2.31. The summed E-state index contributed by atoms with van der Waals surface area (Å²) in [7, 11) is -3.21. The Kier molecular flexibility index (Phi) is 5.15. The quantitative estimate of drug-likeness (QED) is 0.881. The number of sulfone groups is 1. The topological polar surface area (TPSA) is 66.5 Å². The standard InChI is InChI=1S/C18H22N2O3S2/c1-13(14-7-9-15(10-8-14)25(2,22)23)19-18(21)20-11-3-5-16(20)17-6-4-12-24-17/h4,6-10,12-13,16H,3,5,11H2,1-2H3,(H,19,21). The Balaban J connectivity index is 1.68. The highest BCUT2D eigenvalue weighted by atomic mass is 32.2. The van der Waals surface area contributed by atoms with Gasteiger partial charge in [0, 0.05) is 17.7 Å². The molecule has 1 aromatic carbocycles. The van der Waals surface area contributed by atoms with Crippen LogP contribution in [0.2, 0.25) is 0 Å². The second-order valence-electron chi connectivity index (χ2n) is 6.38. The Labute approximate surface area is 152 Å². The van der Waals surface area contributed by atoms with Crippen LogP contribution in [-0.4, -0.2) is 32.1 Å². The molecule has 3 rings (SSSR count). The van der Waals surface area contributed by atoms with Gasteiger partial charge >= 0.3 is 6.03 Å². The summed E-state index contributed by atoms with van der Waals surface area (Å²) in [6, 6.07) is 10.6. The number of rotatable bonds is 4. The number of likely N-dealkylation sites (tertiary alicyclic amines) is 1. The molecule has 134 valence electrons. The smallest absolute Gasteiger partial charge is 0.318 e. The molecule has 1 aliphatic heterocycles. The average Bonchev–Trinajstić information content (AvgIpc) is 3.25. The molecule has 2 atom stereocenters. The zero-order valence-corrected chi connectivity index (χ0v) is 15.9. The lowest BCUT2D eigenvalue weighted by Crippen LogP contribution is -2.40. The van der Waals surface area contributed by atoms with E-state index in [1.165, 1.54) is 11.1 Å². The Morgan fingerprint density at radius 1 is 1.28 bits per heavy atom. The normalized spacial score (nSPS) is 19.0. The first-order valence-electron chi connectivity index (χ1n) is 8.27. The lowest BCUT2D eigenvalue weighted by molar-refractivity contribution is 0.190. The lowest BCUT2D eigenvalue weighted by atomic mass is 10.1. The van der Waals surface area contributed by atoms with Crippen molar-refractivity contribution in [1.82, 2.24) is 10.2 Å². The summed E-state index contributed by atoms with van der Waals surface area (Å²) < 4.78 is 23.1. The first kappa shape index (κ1) is 17.9. The van der Waals surface area contributed by atoms with E-state index in [0.717, 1.165) is 24.9 Å². The van der Waals surface area contributed by atoms with Crippen LogP contribution in [0.15, 0.2) is 46.7 Å². The van der Waals surface area contributed by atoms with Crippen molar-refractivity contribution in [1.29, 1.82) is 0 Å². The molecule has 0 radical (unpaired) electrons. The fraction of sp³-hybridized carbons (Fsp3) is 0.389. The van der Waals surface area contributed by atoms with Gasteiger partial charge in [-0.15, -0.1) is 11.3 Å². The number of nitrogens with one attached hydrogen (secondary N) is 1. The molecule has 7 heteroatoms. The molecule has 1 N–H and O–H groups in total. The summed E-state index contributed by atoms with van der Waals surface area (Å²) >= 11 is 1.68. The number of benzene rings is 1. The summed E-state index contributed by atoms with van der Waals surface area (Å²) in [5, 5.41) is 5.07. The van der Waals surface area contributed by atoms with Crippen molar-refractivity contribution >= 4 is 27.2 Å². The largest absolute Gasteiger partial charge is 0.331 e. The van der Waals surface area contributed by atoms with E-state index in [4.69, 9.17) is 0 Å². The van der Waals surface area contributed by atoms with E-state index >= 15 is 0 Å². The zero-order valence-electron chi connectivity index (χ0n) is 14.3. The van der Waals surface area contributed by atoms with Crippen LogP contribution in [-0.2, 0) is 9.84 Å². The van der Waals surface area contributed by atoms with E-state index in [9.17, 15) is 13.2 Å². The fourth-order valence-corrected chi connectivity index (χ4v) is 4.65. The van der Waals surface area contributed by atoms with Crippen LogP contribution < -0.4 is 5.32 Å². The predicted molar refractivity (Wildman–Crippen MR) is 99.5 cm³/mol. The Morgan fingerprint density at radius 3 is 2.60 bits per heavy atom. The number of thiophene rings is 1. The molecule has 0 saturated carbocycles. The molecule has 1 aliphatic rings. The molecular formula is C18H22N2O3S2. The van der Waals surface area contributed by atoms with Gasteiger partial charge in [-0.05, 0) is 48.9 Å². The lowest BCUT2D eigenvalue weighted by Gasteiger charge is -2.26. The summed E-state index contributed by atoms with van der Waals surface area (Å²) in [6.07, 6.45) is 3.18. The van der Waals surface area contributed by atoms with Crippen molar-refractivity contribution in [3.63, 3.8) is 0 Å². The minimum Gasteiger partial charge on any atom is -0.331 e. The molecule has 1 saturated heterocycles. The monoisotopic (exact) mass is 378 g/mol. The molecule has 1 aromatic heterocycles. The molecule has 0 aliphatic carbocycles. The maximum Gasteiger partial charge on any atom is 0.318 e. The van der Waals surface area contributed by atoms with Crippen LogP contribution in [0.1, 0.15) is 42.3 Å². The molecule has 2 aromatic rings. The van der Waals surface area contributed by atoms with Crippen molar-refractivity contribution < 1.29 is 13.2 Å². The maximum atomic E-state index is 12.7. The number of hydrogen-bond donors (Lipinski definition) is 1. The van der Waals surface area contributed by atoms with Gasteiger partial charge < -0.3 is 10.2 Å². The van der Waals surface area contributed by atoms with E-state index in [-0.39, 0.29) is 23.0 Å². The van der Waals surface area contributed by atoms with Gasteiger partial charge in [-0.2, -0.15) is 0 Å². The van der Waals surface area contributed by atoms with Gasteiger partial charge in [-0.3, -0.25) is 0 Å². The number of nitrogens with zero attached hydrogens (tertiary/aromatic N) is 1. The number of hydrogen-bond acceptors (Lipinski definition) is 4. The third-order valence-corrected chi connectivity index (χ3v) is 6.64. The number of urea groups is 1. The molecule has 0 bridgehead atoms. The third kappa shape index (κ3) is 4.04. The van der Waals surface area contributed by atoms with Gasteiger partial charge in [-0.25, -0.2) is 13.2 Å². The van der Waals surface area contributed by atoms with Crippen molar-refractivity contribution in [2.24, 2.45) is 0 Å². The van der Waals surface area contributed by atoms with Crippen molar-refractivity contribution in [3.8, 4) is 0 Å².